The number of aromatic nitrogens is 1. The summed E-state index contributed by atoms with van der Waals surface area (Å²) in [5, 5.41) is 9.57. The summed E-state index contributed by atoms with van der Waals surface area (Å²) in [7, 11) is 0. The van der Waals surface area contributed by atoms with E-state index >= 15 is 0 Å². The number of hydrogen-bond donors (Lipinski definition) is 1. The van der Waals surface area contributed by atoms with Gasteiger partial charge >= 0.3 is 0 Å². The van der Waals surface area contributed by atoms with Gasteiger partial charge in [-0.2, -0.15) is 0 Å². The highest BCUT2D eigenvalue weighted by Crippen LogP contribution is 2.33. The smallest absolute Gasteiger partial charge is 0.129 e. The summed E-state index contributed by atoms with van der Waals surface area (Å²) in [6.45, 7) is 7.34. The maximum absolute atomic E-state index is 9.57. The van der Waals surface area contributed by atoms with E-state index in [-0.39, 0.29) is 5.54 Å². The molecular weight excluding hydrogens is 200 g/mol. The molecule has 1 aliphatic rings. The molecule has 3 heteroatoms. The van der Waals surface area contributed by atoms with Gasteiger partial charge in [0.1, 0.15) is 5.82 Å². The average molecular weight is 220 g/mol. The Morgan fingerprint density at radius 3 is 2.81 bits per heavy atom. The fourth-order valence-corrected chi connectivity index (χ4v) is 2.37. The lowest BCUT2D eigenvalue weighted by Gasteiger charge is -2.33. The first-order chi connectivity index (χ1) is 7.50. The van der Waals surface area contributed by atoms with Gasteiger partial charge in [-0.05, 0) is 51.3 Å². The summed E-state index contributed by atoms with van der Waals surface area (Å²) < 4.78 is 0. The van der Waals surface area contributed by atoms with Gasteiger partial charge < -0.3 is 10.0 Å². The Kier molecular flexibility index (Phi) is 2.89. The third kappa shape index (κ3) is 2.05. The molecule has 0 unspecified atom stereocenters. The summed E-state index contributed by atoms with van der Waals surface area (Å²) >= 11 is 0. The molecule has 1 aromatic heterocycles. The highest BCUT2D eigenvalue weighted by molar-refractivity contribution is 5.45. The SMILES string of the molecule is C[C@H](O)c1ccnc(N2CCCC2(C)C)c1. The zero-order chi connectivity index (χ0) is 11.8. The topological polar surface area (TPSA) is 36.4 Å². The lowest BCUT2D eigenvalue weighted by molar-refractivity contribution is 0.199. The van der Waals surface area contributed by atoms with E-state index in [1.165, 1.54) is 12.8 Å². The van der Waals surface area contributed by atoms with Crippen molar-refractivity contribution in [3.05, 3.63) is 23.9 Å². The zero-order valence-corrected chi connectivity index (χ0v) is 10.3. The van der Waals surface area contributed by atoms with Crippen LogP contribution in [0.5, 0.6) is 0 Å². The second-order valence-corrected chi connectivity index (χ2v) is 5.19. The summed E-state index contributed by atoms with van der Waals surface area (Å²) in [6.07, 6.45) is 3.78. The molecule has 1 aliphatic heterocycles. The van der Waals surface area contributed by atoms with Crippen molar-refractivity contribution in [1.29, 1.82) is 0 Å². The van der Waals surface area contributed by atoms with E-state index in [2.05, 4.69) is 23.7 Å². The van der Waals surface area contributed by atoms with Gasteiger partial charge in [0, 0.05) is 18.3 Å². The van der Waals surface area contributed by atoms with Gasteiger partial charge in [-0.1, -0.05) is 0 Å². The fraction of sp³-hybridized carbons (Fsp3) is 0.615. The van der Waals surface area contributed by atoms with Crippen molar-refractivity contribution in [2.24, 2.45) is 0 Å². The molecule has 0 amide bonds. The van der Waals surface area contributed by atoms with Crippen molar-refractivity contribution < 1.29 is 5.11 Å². The highest BCUT2D eigenvalue weighted by Gasteiger charge is 2.32. The lowest BCUT2D eigenvalue weighted by Crippen LogP contribution is -2.38. The predicted molar refractivity (Wildman–Crippen MR) is 65.5 cm³/mol. The number of pyridine rings is 1. The summed E-state index contributed by atoms with van der Waals surface area (Å²) in [6, 6.07) is 3.87. The second-order valence-electron chi connectivity index (χ2n) is 5.19. The van der Waals surface area contributed by atoms with E-state index in [0.717, 1.165) is 17.9 Å². The molecule has 88 valence electrons. The molecule has 16 heavy (non-hydrogen) atoms. The van der Waals surface area contributed by atoms with E-state index in [4.69, 9.17) is 0 Å². The minimum Gasteiger partial charge on any atom is -0.389 e. The van der Waals surface area contributed by atoms with E-state index in [1.54, 1.807) is 13.1 Å². The monoisotopic (exact) mass is 220 g/mol. The van der Waals surface area contributed by atoms with Gasteiger partial charge in [-0.15, -0.1) is 0 Å². The number of rotatable bonds is 2. The first kappa shape index (κ1) is 11.4. The minimum atomic E-state index is -0.424. The van der Waals surface area contributed by atoms with E-state index in [9.17, 15) is 5.11 Å². The van der Waals surface area contributed by atoms with Crippen LogP contribution in [-0.2, 0) is 0 Å². The fourth-order valence-electron chi connectivity index (χ4n) is 2.37. The average Bonchev–Trinajstić information content (AvgIpc) is 2.58. The molecule has 0 saturated carbocycles. The number of nitrogens with zero attached hydrogens (tertiary/aromatic N) is 2. The molecule has 1 N–H and O–H groups in total. The van der Waals surface area contributed by atoms with Crippen molar-refractivity contribution >= 4 is 5.82 Å². The predicted octanol–water partition coefficient (Wildman–Crippen LogP) is 2.51. The summed E-state index contributed by atoms with van der Waals surface area (Å²) in [5.41, 5.74) is 1.12. The van der Waals surface area contributed by atoms with Gasteiger partial charge in [0.15, 0.2) is 0 Å². The van der Waals surface area contributed by atoms with Crippen LogP contribution in [0.2, 0.25) is 0 Å². The lowest BCUT2D eigenvalue weighted by atomic mass is 10.0. The van der Waals surface area contributed by atoms with Crippen LogP contribution in [0, 0.1) is 0 Å². The zero-order valence-electron chi connectivity index (χ0n) is 10.3. The van der Waals surface area contributed by atoms with Crippen LogP contribution in [0.15, 0.2) is 18.3 Å². The maximum Gasteiger partial charge on any atom is 0.129 e. The number of anilines is 1. The first-order valence-electron chi connectivity index (χ1n) is 5.92. The molecule has 1 aromatic rings. The molecular formula is C13H20N2O. The van der Waals surface area contributed by atoms with Gasteiger partial charge in [-0.25, -0.2) is 4.98 Å². The number of aliphatic hydroxyl groups is 1. The normalized spacial score (nSPS) is 21.1. The Hall–Kier alpha value is -1.09. The van der Waals surface area contributed by atoms with Crippen LogP contribution >= 0.6 is 0 Å². The van der Waals surface area contributed by atoms with Crippen LogP contribution in [0.4, 0.5) is 5.82 Å². The number of hydrogen-bond acceptors (Lipinski definition) is 3. The first-order valence-corrected chi connectivity index (χ1v) is 5.92. The van der Waals surface area contributed by atoms with Gasteiger partial charge in [-0.3, -0.25) is 0 Å². The van der Waals surface area contributed by atoms with E-state index < -0.39 is 6.10 Å². The van der Waals surface area contributed by atoms with Crippen molar-refractivity contribution in [2.75, 3.05) is 11.4 Å². The molecule has 2 heterocycles. The quantitative estimate of drug-likeness (QED) is 0.832. The van der Waals surface area contributed by atoms with Crippen LogP contribution < -0.4 is 4.90 Å². The summed E-state index contributed by atoms with van der Waals surface area (Å²) in [5.74, 6) is 0.987. The Bertz CT molecular complexity index is 374. The van der Waals surface area contributed by atoms with Gasteiger partial charge in [0.2, 0.25) is 0 Å². The van der Waals surface area contributed by atoms with Crippen molar-refractivity contribution in [3.63, 3.8) is 0 Å². The molecule has 0 radical (unpaired) electrons. The van der Waals surface area contributed by atoms with Gasteiger partial charge in [0.25, 0.3) is 0 Å². The molecule has 0 bridgehead atoms. The van der Waals surface area contributed by atoms with Crippen LogP contribution in [0.1, 0.15) is 45.3 Å². The van der Waals surface area contributed by atoms with Gasteiger partial charge in [0.05, 0.1) is 6.10 Å². The van der Waals surface area contributed by atoms with Crippen LogP contribution in [0.25, 0.3) is 0 Å². The molecule has 2 rings (SSSR count). The van der Waals surface area contributed by atoms with Crippen molar-refractivity contribution in [2.45, 2.75) is 45.3 Å². The van der Waals surface area contributed by atoms with Crippen LogP contribution in [0.3, 0.4) is 0 Å². The standard InChI is InChI=1S/C13H20N2O/c1-10(16)11-5-7-14-12(9-11)15-8-4-6-13(15,2)3/h5,7,9-10,16H,4,6,8H2,1-3H3/t10-/m0/s1. The third-order valence-corrected chi connectivity index (χ3v) is 3.43. The molecule has 1 fully saturated rings. The van der Waals surface area contributed by atoms with Crippen molar-refractivity contribution in [3.8, 4) is 0 Å². The Morgan fingerprint density at radius 2 is 2.25 bits per heavy atom. The van der Waals surface area contributed by atoms with Crippen molar-refractivity contribution in [1.82, 2.24) is 4.98 Å². The molecule has 1 atom stereocenters. The molecule has 3 nitrogen and oxygen atoms in total. The molecule has 0 aliphatic carbocycles. The molecule has 0 spiro atoms. The van der Waals surface area contributed by atoms with Crippen LogP contribution in [-0.4, -0.2) is 22.2 Å². The third-order valence-electron chi connectivity index (χ3n) is 3.43. The van der Waals surface area contributed by atoms with E-state index in [0.29, 0.717) is 0 Å². The highest BCUT2D eigenvalue weighted by atomic mass is 16.3. The maximum atomic E-state index is 9.57. The summed E-state index contributed by atoms with van der Waals surface area (Å²) in [4.78, 5) is 6.75. The van der Waals surface area contributed by atoms with E-state index in [1.807, 2.05) is 12.1 Å². The second kappa shape index (κ2) is 4.06. The molecule has 0 aromatic carbocycles. The Morgan fingerprint density at radius 1 is 1.50 bits per heavy atom. The number of aliphatic hydroxyl groups excluding tert-OH is 1. The Labute approximate surface area is 97.1 Å². The largest absolute Gasteiger partial charge is 0.389 e. The Balaban J connectivity index is 2.30. The minimum absolute atomic E-state index is 0.185. The molecule has 1 saturated heterocycles.